The zero-order chi connectivity index (χ0) is 21.9. The van der Waals surface area contributed by atoms with Gasteiger partial charge in [-0.2, -0.15) is 5.10 Å². The molecule has 1 aromatic heterocycles. The van der Waals surface area contributed by atoms with Gasteiger partial charge in [0.05, 0.1) is 17.5 Å². The van der Waals surface area contributed by atoms with Crippen LogP contribution in [0.2, 0.25) is 0 Å². The Morgan fingerprint density at radius 2 is 1.84 bits per heavy atom. The summed E-state index contributed by atoms with van der Waals surface area (Å²) < 4.78 is 0. The Morgan fingerprint density at radius 3 is 2.59 bits per heavy atom. The number of pyridine rings is 1. The molecule has 0 bridgehead atoms. The number of nitrogens with one attached hydrogen (secondary N) is 2. The summed E-state index contributed by atoms with van der Waals surface area (Å²) in [5.74, 6) is -0.239. The van der Waals surface area contributed by atoms with Crippen LogP contribution in [-0.4, -0.2) is 34.8 Å². The van der Waals surface area contributed by atoms with Gasteiger partial charge in [0, 0.05) is 37.1 Å². The molecule has 160 valence electrons. The summed E-state index contributed by atoms with van der Waals surface area (Å²) in [6, 6.07) is 22.0. The molecule has 0 saturated heterocycles. The van der Waals surface area contributed by atoms with E-state index in [1.807, 2.05) is 66.7 Å². The van der Waals surface area contributed by atoms with E-state index in [4.69, 9.17) is 9.94 Å². The second-order valence-corrected chi connectivity index (χ2v) is 7.78. The van der Waals surface area contributed by atoms with Gasteiger partial charge >= 0.3 is 0 Å². The van der Waals surface area contributed by atoms with Gasteiger partial charge in [0.1, 0.15) is 0 Å². The Hall–Kier alpha value is -3.97. The lowest BCUT2D eigenvalue weighted by atomic mass is 9.98. The van der Waals surface area contributed by atoms with E-state index in [0.29, 0.717) is 0 Å². The zero-order valence-corrected chi connectivity index (χ0v) is 17.6. The Kier molecular flexibility index (Phi) is 5.39. The van der Waals surface area contributed by atoms with E-state index in [1.54, 1.807) is 18.5 Å². The molecule has 0 spiro atoms. The largest absolute Gasteiger partial charge is 0.323 e. The molecule has 0 fully saturated rings. The Bertz CT molecular complexity index is 1160. The first-order valence-corrected chi connectivity index (χ1v) is 10.5. The van der Waals surface area contributed by atoms with E-state index in [-0.39, 0.29) is 11.9 Å². The highest BCUT2D eigenvalue weighted by Gasteiger charge is 2.27. The van der Waals surface area contributed by atoms with Gasteiger partial charge in [-0.1, -0.05) is 42.5 Å². The minimum Gasteiger partial charge on any atom is -0.323 e. The summed E-state index contributed by atoms with van der Waals surface area (Å²) in [6.07, 6.45) is 5.29. The fourth-order valence-corrected chi connectivity index (χ4v) is 3.91. The van der Waals surface area contributed by atoms with Crippen LogP contribution in [0.5, 0.6) is 0 Å². The minimum atomic E-state index is -0.715. The number of rotatable bonds is 5. The van der Waals surface area contributed by atoms with Crippen molar-refractivity contribution in [1.29, 1.82) is 0 Å². The van der Waals surface area contributed by atoms with Crippen LogP contribution in [0.4, 0.5) is 5.69 Å². The molecule has 7 nitrogen and oxygen atoms in total. The summed E-state index contributed by atoms with van der Waals surface area (Å²) >= 11 is 0. The van der Waals surface area contributed by atoms with Crippen molar-refractivity contribution in [3.05, 3.63) is 102 Å². The predicted octanol–water partition coefficient (Wildman–Crippen LogP) is 3.75. The molecule has 0 aliphatic carbocycles. The summed E-state index contributed by atoms with van der Waals surface area (Å²) in [4.78, 5) is 22.1. The number of hydrogen-bond acceptors (Lipinski definition) is 6. The van der Waals surface area contributed by atoms with Crippen molar-refractivity contribution in [1.82, 2.24) is 15.5 Å². The zero-order valence-electron chi connectivity index (χ0n) is 17.6. The van der Waals surface area contributed by atoms with E-state index in [9.17, 15) is 4.79 Å². The molecule has 3 heterocycles. The van der Waals surface area contributed by atoms with Gasteiger partial charge in [-0.3, -0.25) is 25.1 Å². The summed E-state index contributed by atoms with van der Waals surface area (Å²) in [7, 11) is 1.99. The number of anilines is 1. The second-order valence-electron chi connectivity index (χ2n) is 7.78. The van der Waals surface area contributed by atoms with E-state index in [2.05, 4.69) is 27.9 Å². The molecule has 2 atom stereocenters. The number of hydrazone groups is 1. The van der Waals surface area contributed by atoms with Crippen LogP contribution >= 0.6 is 0 Å². The number of nitrogens with zero attached hydrogens (tertiary/aromatic N) is 3. The van der Waals surface area contributed by atoms with Crippen molar-refractivity contribution >= 4 is 23.0 Å². The smallest absolute Gasteiger partial charge is 0.260 e. The first-order valence-electron chi connectivity index (χ1n) is 10.5. The lowest BCUT2D eigenvalue weighted by Crippen LogP contribution is -2.28. The maximum atomic E-state index is 12.6. The quantitative estimate of drug-likeness (QED) is 0.651. The van der Waals surface area contributed by atoms with E-state index >= 15 is 0 Å². The van der Waals surface area contributed by atoms with Gasteiger partial charge in [0.25, 0.3) is 5.91 Å². The van der Waals surface area contributed by atoms with Crippen LogP contribution in [0.3, 0.4) is 0 Å². The molecule has 32 heavy (non-hydrogen) atoms. The van der Waals surface area contributed by atoms with Gasteiger partial charge in [0.15, 0.2) is 6.10 Å². The third kappa shape index (κ3) is 4.10. The molecule has 2 aromatic carbocycles. The normalized spacial score (nSPS) is 19.8. The van der Waals surface area contributed by atoms with Crippen molar-refractivity contribution < 1.29 is 9.63 Å². The lowest BCUT2D eigenvalue weighted by Gasteiger charge is -2.19. The van der Waals surface area contributed by atoms with Gasteiger partial charge in [-0.05, 0) is 41.5 Å². The standard InChI is InChI=1S/C25H23N5O2/c1-30-23(14-21(28-30)17-6-3-2-4-7-17)18-9-11-20(12-10-18)27-25(31)24-15-22(29-32-24)19-8-5-13-26-16-19/h2-13,15-16,23-24,29H,14H2,1H3,(H,27,31). The summed E-state index contributed by atoms with van der Waals surface area (Å²) in [5.41, 5.74) is 8.49. The van der Waals surface area contributed by atoms with Crippen LogP contribution in [0.25, 0.3) is 5.70 Å². The summed E-state index contributed by atoms with van der Waals surface area (Å²) in [5, 5.41) is 9.63. The number of benzene rings is 2. The number of hydroxylamine groups is 1. The fraction of sp³-hybridized carbons (Fsp3) is 0.160. The lowest BCUT2D eigenvalue weighted by molar-refractivity contribution is -0.125. The molecular weight excluding hydrogens is 402 g/mol. The van der Waals surface area contributed by atoms with Crippen molar-refractivity contribution in [2.45, 2.75) is 18.6 Å². The first kappa shape index (κ1) is 20.0. The molecule has 2 aliphatic rings. The van der Waals surface area contributed by atoms with E-state index in [0.717, 1.165) is 40.2 Å². The topological polar surface area (TPSA) is 78.9 Å². The van der Waals surface area contributed by atoms with Crippen LogP contribution in [0.15, 0.2) is 90.3 Å². The van der Waals surface area contributed by atoms with Crippen molar-refractivity contribution in [2.24, 2.45) is 5.10 Å². The molecular formula is C25H23N5O2. The fourth-order valence-electron chi connectivity index (χ4n) is 3.91. The molecule has 5 rings (SSSR count). The van der Waals surface area contributed by atoms with E-state index in [1.165, 1.54) is 0 Å². The highest BCUT2D eigenvalue weighted by Crippen LogP contribution is 2.32. The van der Waals surface area contributed by atoms with Crippen LogP contribution < -0.4 is 10.8 Å². The van der Waals surface area contributed by atoms with Crippen LogP contribution in [0.1, 0.15) is 29.2 Å². The molecule has 7 heteroatoms. The summed E-state index contributed by atoms with van der Waals surface area (Å²) in [6.45, 7) is 0. The number of carbonyl (C=O) groups is 1. The Balaban J connectivity index is 1.22. The Morgan fingerprint density at radius 1 is 1.06 bits per heavy atom. The third-order valence-electron chi connectivity index (χ3n) is 5.63. The van der Waals surface area contributed by atoms with Gasteiger partial charge in [-0.15, -0.1) is 0 Å². The third-order valence-corrected chi connectivity index (χ3v) is 5.63. The molecule has 3 aromatic rings. The average Bonchev–Trinajstić information content (AvgIpc) is 3.48. The first-order chi connectivity index (χ1) is 15.7. The molecule has 1 amide bonds. The maximum absolute atomic E-state index is 12.6. The monoisotopic (exact) mass is 425 g/mol. The highest BCUT2D eigenvalue weighted by molar-refractivity contribution is 6.01. The molecule has 0 saturated carbocycles. The molecule has 2 aliphatic heterocycles. The number of aromatic nitrogens is 1. The van der Waals surface area contributed by atoms with Crippen LogP contribution in [0, 0.1) is 0 Å². The predicted molar refractivity (Wildman–Crippen MR) is 123 cm³/mol. The molecule has 0 radical (unpaired) electrons. The van der Waals surface area contributed by atoms with Gasteiger partial charge in [-0.25, -0.2) is 0 Å². The maximum Gasteiger partial charge on any atom is 0.260 e. The minimum absolute atomic E-state index is 0.169. The second kappa shape index (κ2) is 8.64. The molecule has 2 unspecified atom stereocenters. The average molecular weight is 425 g/mol. The Labute approximate surface area is 186 Å². The van der Waals surface area contributed by atoms with E-state index < -0.39 is 6.10 Å². The van der Waals surface area contributed by atoms with Crippen molar-refractivity contribution in [2.75, 3.05) is 12.4 Å². The molecule has 2 N–H and O–H groups in total. The van der Waals surface area contributed by atoms with Gasteiger partial charge in [0.2, 0.25) is 0 Å². The SMILES string of the molecule is CN1N=C(c2ccccc2)CC1c1ccc(NC(=O)C2C=C(c3cccnc3)NO2)cc1. The van der Waals surface area contributed by atoms with Crippen LogP contribution in [-0.2, 0) is 9.63 Å². The number of hydrogen-bond donors (Lipinski definition) is 2. The van der Waals surface area contributed by atoms with Crippen molar-refractivity contribution in [3.63, 3.8) is 0 Å². The highest BCUT2D eigenvalue weighted by atomic mass is 16.7. The number of amides is 1. The van der Waals surface area contributed by atoms with Gasteiger partial charge < -0.3 is 5.32 Å². The van der Waals surface area contributed by atoms with Crippen molar-refractivity contribution in [3.8, 4) is 0 Å². The number of carbonyl (C=O) groups excluding carboxylic acids is 1.